The third-order valence-electron chi connectivity index (χ3n) is 7.14. The van der Waals surface area contributed by atoms with Crippen LogP contribution in [0.5, 0.6) is 17.2 Å². The molecule has 0 spiro atoms. The molecule has 3 aromatic carbocycles. The van der Waals surface area contributed by atoms with Gasteiger partial charge in [0.2, 0.25) is 11.1 Å². The summed E-state index contributed by atoms with van der Waals surface area (Å²) in [6.45, 7) is 6.60. The number of carbonyl (C=O) groups excluding carboxylic acids is 1. The maximum atomic E-state index is 14.1. The van der Waals surface area contributed by atoms with Crippen LogP contribution in [-0.2, 0) is 11.4 Å². The summed E-state index contributed by atoms with van der Waals surface area (Å²) in [6, 6.07) is 17.6. The number of hydrogen-bond acceptors (Lipinski definition) is 8. The van der Waals surface area contributed by atoms with Gasteiger partial charge in [0.05, 0.1) is 25.0 Å². The number of unbranched alkanes of at least 4 members (excludes halogenated alkanes) is 1. The first kappa shape index (κ1) is 32.5. The molecule has 9 nitrogen and oxygen atoms in total. The number of aromatic nitrogens is 3. The van der Waals surface area contributed by atoms with E-state index in [1.807, 2.05) is 62.4 Å². The van der Waals surface area contributed by atoms with Crippen LogP contribution in [0.3, 0.4) is 0 Å². The molecule has 12 heteroatoms. The Balaban J connectivity index is 1.51. The summed E-state index contributed by atoms with van der Waals surface area (Å²) >= 11 is 14.0. The van der Waals surface area contributed by atoms with Crippen LogP contribution in [0.25, 0.3) is 0 Å². The van der Waals surface area contributed by atoms with Gasteiger partial charge in [0.25, 0.3) is 5.91 Å². The van der Waals surface area contributed by atoms with Crippen molar-refractivity contribution >= 4 is 52.5 Å². The Morgan fingerprint density at radius 2 is 1.87 bits per heavy atom. The van der Waals surface area contributed by atoms with E-state index in [1.165, 1.54) is 0 Å². The molecule has 1 atom stereocenters. The van der Waals surface area contributed by atoms with Gasteiger partial charge in [-0.1, -0.05) is 72.6 Å². The zero-order valence-corrected chi connectivity index (χ0v) is 27.9. The Bertz CT molecular complexity index is 1710. The lowest BCUT2D eigenvalue weighted by atomic mass is 9.94. The molecule has 45 heavy (non-hydrogen) atoms. The molecule has 0 fully saturated rings. The number of nitrogens with one attached hydrogen (secondary N) is 2. The first-order valence-corrected chi connectivity index (χ1v) is 16.4. The van der Waals surface area contributed by atoms with Crippen molar-refractivity contribution in [2.45, 2.75) is 51.4 Å². The van der Waals surface area contributed by atoms with Crippen molar-refractivity contribution < 1.29 is 19.0 Å². The molecule has 0 aliphatic carbocycles. The van der Waals surface area contributed by atoms with Crippen LogP contribution in [0.4, 0.5) is 11.6 Å². The lowest BCUT2D eigenvalue weighted by Gasteiger charge is -2.29. The van der Waals surface area contributed by atoms with E-state index in [1.54, 1.807) is 35.7 Å². The fourth-order valence-electron chi connectivity index (χ4n) is 4.91. The van der Waals surface area contributed by atoms with Crippen molar-refractivity contribution in [3.05, 3.63) is 93.1 Å². The Morgan fingerprint density at radius 3 is 2.62 bits per heavy atom. The summed E-state index contributed by atoms with van der Waals surface area (Å²) < 4.78 is 19.4. The van der Waals surface area contributed by atoms with Gasteiger partial charge in [0.15, 0.2) is 11.5 Å². The van der Waals surface area contributed by atoms with Gasteiger partial charge in [0, 0.05) is 27.1 Å². The highest BCUT2D eigenvalue weighted by molar-refractivity contribution is 7.99. The number of ether oxygens (including phenoxy) is 3. The van der Waals surface area contributed by atoms with E-state index in [4.69, 9.17) is 47.5 Å². The maximum absolute atomic E-state index is 14.1. The van der Waals surface area contributed by atoms with Gasteiger partial charge in [-0.05, 0) is 62.2 Å². The van der Waals surface area contributed by atoms with Gasteiger partial charge in [-0.15, -0.1) is 5.10 Å². The number of amides is 1. The number of thioether (sulfide) groups is 1. The molecule has 1 unspecified atom stereocenters. The van der Waals surface area contributed by atoms with E-state index in [-0.39, 0.29) is 12.5 Å². The van der Waals surface area contributed by atoms with Crippen LogP contribution in [0.1, 0.15) is 50.8 Å². The van der Waals surface area contributed by atoms with Gasteiger partial charge in [-0.25, -0.2) is 4.68 Å². The van der Waals surface area contributed by atoms with Gasteiger partial charge >= 0.3 is 0 Å². The smallest absolute Gasteiger partial charge is 0.255 e. The zero-order valence-electron chi connectivity index (χ0n) is 25.5. The maximum Gasteiger partial charge on any atom is 0.255 e. The number of para-hydroxylation sites is 2. The highest BCUT2D eigenvalue weighted by Gasteiger charge is 2.35. The Morgan fingerprint density at radius 1 is 1.04 bits per heavy atom. The molecule has 0 radical (unpaired) electrons. The molecule has 4 aromatic rings. The molecule has 1 amide bonds. The highest BCUT2D eigenvalue weighted by Crippen LogP contribution is 2.40. The van der Waals surface area contributed by atoms with Crippen LogP contribution in [0.15, 0.2) is 77.1 Å². The minimum absolute atomic E-state index is 0.219. The summed E-state index contributed by atoms with van der Waals surface area (Å²) in [7, 11) is 1.58. The van der Waals surface area contributed by atoms with Crippen molar-refractivity contribution in [2.75, 3.05) is 30.1 Å². The number of halogens is 2. The van der Waals surface area contributed by atoms with Crippen molar-refractivity contribution in [3.8, 4) is 17.2 Å². The molecule has 0 saturated heterocycles. The number of nitrogens with zero attached hydrogens (tertiary/aromatic N) is 3. The Labute approximate surface area is 277 Å². The average Bonchev–Trinajstić information content (AvgIpc) is 3.43. The summed E-state index contributed by atoms with van der Waals surface area (Å²) in [5.41, 5.74) is 3.27. The number of fused-ring (bicyclic) bond motifs is 1. The monoisotopic (exact) mass is 667 g/mol. The molecule has 0 saturated carbocycles. The van der Waals surface area contributed by atoms with Crippen molar-refractivity contribution in [3.63, 3.8) is 0 Å². The summed E-state index contributed by atoms with van der Waals surface area (Å²) in [5, 5.41) is 12.9. The van der Waals surface area contributed by atoms with E-state index in [0.29, 0.717) is 62.0 Å². The molecule has 1 aromatic heterocycles. The van der Waals surface area contributed by atoms with Gasteiger partial charge in [0.1, 0.15) is 18.4 Å². The summed E-state index contributed by atoms with van der Waals surface area (Å²) in [6.07, 6.45) is 2.13. The van der Waals surface area contributed by atoms with Gasteiger partial charge in [-0.2, -0.15) is 4.98 Å². The van der Waals surface area contributed by atoms with Gasteiger partial charge in [-0.3, -0.25) is 4.79 Å². The summed E-state index contributed by atoms with van der Waals surface area (Å²) in [4.78, 5) is 18.8. The van der Waals surface area contributed by atoms with Crippen LogP contribution in [0, 0.1) is 0 Å². The SMILES string of the molecule is CCCCSc1nc2n(n1)C(c1ccc(OCc3ccc(Cl)cc3Cl)c(OC)c1)C(C(=O)Nc1ccccc1OCC)=C(C)N2. The van der Waals surface area contributed by atoms with Gasteiger partial charge < -0.3 is 24.8 Å². The average molecular weight is 669 g/mol. The third-order valence-corrected chi connectivity index (χ3v) is 8.65. The second-order valence-electron chi connectivity index (χ2n) is 10.2. The number of methoxy groups -OCH3 is 1. The number of carbonyl (C=O) groups is 1. The van der Waals surface area contributed by atoms with Crippen LogP contribution in [-0.4, -0.2) is 40.1 Å². The first-order chi connectivity index (χ1) is 21.8. The normalized spacial score (nSPS) is 14.0. The predicted molar refractivity (Wildman–Crippen MR) is 180 cm³/mol. The minimum atomic E-state index is -0.609. The lowest BCUT2D eigenvalue weighted by molar-refractivity contribution is -0.113. The molecule has 2 N–H and O–H groups in total. The van der Waals surface area contributed by atoms with Crippen molar-refractivity contribution in [1.29, 1.82) is 0 Å². The van der Waals surface area contributed by atoms with Crippen LogP contribution in [0.2, 0.25) is 10.0 Å². The molecular formula is C33H35Cl2N5O4S. The number of benzene rings is 3. The molecule has 5 rings (SSSR count). The van der Waals surface area contributed by atoms with Crippen LogP contribution < -0.4 is 24.8 Å². The van der Waals surface area contributed by atoms with E-state index >= 15 is 0 Å². The lowest BCUT2D eigenvalue weighted by Crippen LogP contribution is -2.31. The molecule has 1 aliphatic rings. The highest BCUT2D eigenvalue weighted by atomic mass is 35.5. The van der Waals surface area contributed by atoms with E-state index in [2.05, 4.69) is 17.6 Å². The second-order valence-corrected chi connectivity index (χ2v) is 12.2. The molecule has 2 heterocycles. The molecular weight excluding hydrogens is 633 g/mol. The number of allylic oxidation sites excluding steroid dienone is 1. The third kappa shape index (κ3) is 7.52. The van der Waals surface area contributed by atoms with E-state index in [9.17, 15) is 4.79 Å². The molecule has 1 aliphatic heterocycles. The number of anilines is 2. The number of rotatable bonds is 13. The van der Waals surface area contributed by atoms with Crippen LogP contribution >= 0.6 is 35.0 Å². The first-order valence-electron chi connectivity index (χ1n) is 14.7. The number of hydrogen-bond donors (Lipinski definition) is 2. The quantitative estimate of drug-likeness (QED) is 0.108. The topological polar surface area (TPSA) is 99.5 Å². The molecule has 0 bridgehead atoms. The van der Waals surface area contributed by atoms with Crippen molar-refractivity contribution in [2.24, 2.45) is 0 Å². The summed E-state index contributed by atoms with van der Waals surface area (Å²) in [5.74, 6) is 2.76. The second kappa shape index (κ2) is 14.9. The Kier molecular flexibility index (Phi) is 10.8. The standard InChI is InChI=1S/C33H35Cl2N5O4S/c1-5-7-16-45-33-38-32-36-20(3)29(31(41)37-25-10-8-9-11-26(25)43-6-2)30(40(32)39-33)21-13-15-27(28(17-21)42-4)44-19-22-12-14-23(34)18-24(22)35/h8-15,17-18,30H,5-7,16,19H2,1-4H3,(H,37,41)(H,36,38,39). The zero-order chi connectivity index (χ0) is 31.9. The molecule has 236 valence electrons. The van der Waals surface area contributed by atoms with E-state index in [0.717, 1.165) is 29.7 Å². The fourth-order valence-corrected chi connectivity index (χ4v) is 6.29. The largest absolute Gasteiger partial charge is 0.493 e. The van der Waals surface area contributed by atoms with Crippen molar-refractivity contribution in [1.82, 2.24) is 14.8 Å². The fraction of sp³-hybridized carbons (Fsp3) is 0.303. The predicted octanol–water partition coefficient (Wildman–Crippen LogP) is 8.39. The Hall–Kier alpha value is -3.86. The van der Waals surface area contributed by atoms with E-state index < -0.39 is 6.04 Å². The minimum Gasteiger partial charge on any atom is -0.493 e.